The number of sulfonamides is 2. The van der Waals surface area contributed by atoms with Gasteiger partial charge in [0, 0.05) is 17.7 Å². The van der Waals surface area contributed by atoms with Crippen LogP contribution in [0.3, 0.4) is 0 Å². The van der Waals surface area contributed by atoms with Crippen molar-refractivity contribution in [2.24, 2.45) is 5.10 Å². The lowest BCUT2D eigenvalue weighted by atomic mass is 9.98. The smallest absolute Gasteiger partial charge is 0.247 e. The van der Waals surface area contributed by atoms with Crippen LogP contribution < -0.4 is 9.46 Å². The van der Waals surface area contributed by atoms with Crippen molar-refractivity contribution in [3.05, 3.63) is 59.7 Å². The van der Waals surface area contributed by atoms with Crippen LogP contribution in [0.25, 0.3) is 0 Å². The van der Waals surface area contributed by atoms with E-state index in [9.17, 15) is 16.8 Å². The van der Waals surface area contributed by atoms with Gasteiger partial charge in [-0.2, -0.15) is 9.52 Å². The van der Waals surface area contributed by atoms with Crippen LogP contribution in [-0.4, -0.2) is 46.1 Å². The molecule has 0 fully saturated rings. The second kappa shape index (κ2) is 8.03. The average molecular weight is 438 g/mol. The molecular weight excluding hydrogens is 414 g/mol. The maximum atomic E-state index is 12.4. The molecule has 0 aromatic heterocycles. The number of nitrogens with one attached hydrogen (secondary N) is 1. The number of rotatable bonds is 7. The Bertz CT molecular complexity index is 1140. The summed E-state index contributed by atoms with van der Waals surface area (Å²) in [6.45, 7) is 2.32. The zero-order chi connectivity index (χ0) is 21.2. The Morgan fingerprint density at radius 3 is 2.48 bits per heavy atom. The Labute approximate surface area is 171 Å². The van der Waals surface area contributed by atoms with Crippen LogP contribution in [0, 0.1) is 0 Å². The molecule has 1 heterocycles. The Balaban J connectivity index is 2.01. The van der Waals surface area contributed by atoms with E-state index in [-0.39, 0.29) is 0 Å². The predicted octanol–water partition coefficient (Wildman–Crippen LogP) is 2.57. The van der Waals surface area contributed by atoms with E-state index in [4.69, 9.17) is 4.74 Å². The summed E-state index contributed by atoms with van der Waals surface area (Å²) >= 11 is 0. The number of para-hydroxylation sites is 1. The third kappa shape index (κ3) is 5.07. The lowest BCUT2D eigenvalue weighted by Gasteiger charge is -2.23. The first-order valence-electron chi connectivity index (χ1n) is 8.95. The first-order chi connectivity index (χ1) is 13.6. The quantitative estimate of drug-likeness (QED) is 0.717. The summed E-state index contributed by atoms with van der Waals surface area (Å²) < 4.78 is 57.0. The minimum atomic E-state index is -3.63. The van der Waals surface area contributed by atoms with Gasteiger partial charge in [0.1, 0.15) is 5.75 Å². The Hall–Kier alpha value is -2.59. The molecule has 0 aliphatic carbocycles. The lowest BCUT2D eigenvalue weighted by Crippen LogP contribution is -2.26. The molecule has 0 unspecified atom stereocenters. The van der Waals surface area contributed by atoms with Crippen LogP contribution in [0.5, 0.6) is 5.75 Å². The molecule has 1 N–H and O–H groups in total. The number of nitrogens with zero attached hydrogens (tertiary/aromatic N) is 2. The van der Waals surface area contributed by atoms with Gasteiger partial charge < -0.3 is 4.74 Å². The maximum absolute atomic E-state index is 12.4. The van der Waals surface area contributed by atoms with Gasteiger partial charge in [-0.15, -0.1) is 0 Å². The van der Waals surface area contributed by atoms with Gasteiger partial charge in [0.2, 0.25) is 20.0 Å². The summed E-state index contributed by atoms with van der Waals surface area (Å²) in [5, 5.41) is 4.36. The molecule has 0 bridgehead atoms. The summed E-state index contributed by atoms with van der Waals surface area (Å²) in [7, 11) is -7.06. The van der Waals surface area contributed by atoms with Gasteiger partial charge in [-0.1, -0.05) is 30.3 Å². The molecule has 0 spiro atoms. The van der Waals surface area contributed by atoms with Crippen molar-refractivity contribution in [2.75, 3.05) is 23.8 Å². The molecule has 2 aromatic carbocycles. The van der Waals surface area contributed by atoms with E-state index in [2.05, 4.69) is 9.82 Å². The second-order valence-electron chi connectivity index (χ2n) is 6.73. The first-order valence-corrected chi connectivity index (χ1v) is 12.7. The third-order valence-corrected chi connectivity index (χ3v) is 5.91. The maximum Gasteiger partial charge on any atom is 0.247 e. The molecule has 29 heavy (non-hydrogen) atoms. The predicted molar refractivity (Wildman–Crippen MR) is 113 cm³/mol. The van der Waals surface area contributed by atoms with Crippen LogP contribution in [0.2, 0.25) is 0 Å². The third-order valence-electron chi connectivity index (χ3n) is 4.29. The van der Waals surface area contributed by atoms with E-state index >= 15 is 0 Å². The summed E-state index contributed by atoms with van der Waals surface area (Å²) in [6, 6.07) is 13.5. The minimum Gasteiger partial charge on any atom is -0.494 e. The van der Waals surface area contributed by atoms with Crippen LogP contribution >= 0.6 is 0 Å². The van der Waals surface area contributed by atoms with Gasteiger partial charge in [-0.25, -0.2) is 16.8 Å². The van der Waals surface area contributed by atoms with Gasteiger partial charge in [0.15, 0.2) is 0 Å². The molecule has 0 radical (unpaired) electrons. The van der Waals surface area contributed by atoms with Crippen molar-refractivity contribution in [3.63, 3.8) is 0 Å². The number of hydrazone groups is 1. The summed E-state index contributed by atoms with van der Waals surface area (Å²) in [4.78, 5) is 0. The zero-order valence-electron chi connectivity index (χ0n) is 16.4. The van der Waals surface area contributed by atoms with Crippen molar-refractivity contribution < 1.29 is 21.6 Å². The highest BCUT2D eigenvalue weighted by Gasteiger charge is 2.36. The van der Waals surface area contributed by atoms with Crippen LogP contribution in [0.1, 0.15) is 30.5 Å². The molecule has 0 saturated heterocycles. The van der Waals surface area contributed by atoms with Crippen molar-refractivity contribution in [3.8, 4) is 5.75 Å². The van der Waals surface area contributed by atoms with Gasteiger partial charge in [0.05, 0.1) is 30.9 Å². The van der Waals surface area contributed by atoms with Gasteiger partial charge in [0.25, 0.3) is 0 Å². The van der Waals surface area contributed by atoms with E-state index in [1.54, 1.807) is 30.3 Å². The number of anilines is 1. The van der Waals surface area contributed by atoms with Crippen molar-refractivity contribution in [2.45, 2.75) is 19.4 Å². The first kappa shape index (κ1) is 21.1. The van der Waals surface area contributed by atoms with Crippen molar-refractivity contribution >= 4 is 31.4 Å². The highest BCUT2D eigenvalue weighted by molar-refractivity contribution is 7.92. The molecule has 3 rings (SSSR count). The minimum absolute atomic E-state index is 0.333. The fourth-order valence-corrected chi connectivity index (χ4v) is 4.67. The number of hydrogen-bond donors (Lipinski definition) is 1. The fourth-order valence-electron chi connectivity index (χ4n) is 3.22. The molecule has 0 saturated carbocycles. The lowest BCUT2D eigenvalue weighted by molar-refractivity contribution is 0.317. The molecule has 1 aliphatic rings. The van der Waals surface area contributed by atoms with Crippen LogP contribution in [0.15, 0.2) is 53.6 Å². The fraction of sp³-hybridized carbons (Fsp3) is 0.316. The Morgan fingerprint density at radius 2 is 1.83 bits per heavy atom. The highest BCUT2D eigenvalue weighted by atomic mass is 32.2. The second-order valence-corrected chi connectivity index (χ2v) is 10.3. The zero-order valence-corrected chi connectivity index (χ0v) is 18.0. The average Bonchev–Trinajstić information content (AvgIpc) is 3.07. The van der Waals surface area contributed by atoms with Gasteiger partial charge in [-0.3, -0.25) is 4.72 Å². The molecule has 156 valence electrons. The number of hydrogen-bond acceptors (Lipinski definition) is 6. The van der Waals surface area contributed by atoms with Crippen LogP contribution in [-0.2, 0) is 20.0 Å². The summed E-state index contributed by atoms with van der Waals surface area (Å²) in [5.74, 6) is 0.609. The highest BCUT2D eigenvalue weighted by Crippen LogP contribution is 2.39. The molecule has 1 atom stereocenters. The van der Waals surface area contributed by atoms with E-state index in [1.807, 2.05) is 25.1 Å². The molecule has 0 amide bonds. The Kier molecular flexibility index (Phi) is 5.85. The standard InChI is InChI=1S/C19H23N3O5S2/c1-4-27-19-11-6-5-10-16(19)18-13-17(20-22(18)29(3,25)26)14-8-7-9-15(12-14)21-28(2,23)24/h5-12,18,21H,4,13H2,1-3H3/t18-/m1/s1. The molecule has 1 aliphatic heterocycles. The number of ether oxygens (including phenoxy) is 1. The van der Waals surface area contributed by atoms with E-state index < -0.39 is 26.1 Å². The molecular formula is C19H23N3O5S2. The normalized spacial score (nSPS) is 17.1. The van der Waals surface area contributed by atoms with Crippen molar-refractivity contribution in [1.29, 1.82) is 0 Å². The van der Waals surface area contributed by atoms with E-state index in [0.717, 1.165) is 22.5 Å². The molecule has 2 aromatic rings. The summed E-state index contributed by atoms with van der Waals surface area (Å²) in [5.41, 5.74) is 2.30. The molecule has 10 heteroatoms. The number of benzene rings is 2. The van der Waals surface area contributed by atoms with E-state index in [1.165, 1.54) is 0 Å². The van der Waals surface area contributed by atoms with Crippen molar-refractivity contribution in [1.82, 2.24) is 4.41 Å². The van der Waals surface area contributed by atoms with Gasteiger partial charge in [-0.05, 0) is 30.7 Å². The van der Waals surface area contributed by atoms with Crippen LogP contribution in [0.4, 0.5) is 5.69 Å². The summed E-state index contributed by atoms with van der Waals surface area (Å²) in [6.07, 6.45) is 2.51. The monoisotopic (exact) mass is 437 g/mol. The van der Waals surface area contributed by atoms with E-state index in [0.29, 0.717) is 35.7 Å². The Morgan fingerprint density at radius 1 is 1.10 bits per heavy atom. The largest absolute Gasteiger partial charge is 0.494 e. The SMILES string of the molecule is CCOc1ccccc1[C@H]1CC(c2cccc(NS(C)(=O)=O)c2)=NN1S(C)(=O)=O. The van der Waals surface area contributed by atoms with Gasteiger partial charge >= 0.3 is 0 Å². The molecule has 8 nitrogen and oxygen atoms in total. The topological polar surface area (TPSA) is 105 Å².